The fraction of sp³-hybridized carbons (Fsp3) is 0.649. The van der Waals surface area contributed by atoms with Gasteiger partial charge in [-0.2, -0.15) is 0 Å². The van der Waals surface area contributed by atoms with Crippen LogP contribution in [0.2, 0.25) is 0 Å². The Balaban J connectivity index is 2.14. The highest BCUT2D eigenvalue weighted by molar-refractivity contribution is 5.70. The summed E-state index contributed by atoms with van der Waals surface area (Å²) >= 11 is 0. The summed E-state index contributed by atoms with van der Waals surface area (Å²) in [6, 6.07) is 5.47. The van der Waals surface area contributed by atoms with Gasteiger partial charge in [0.2, 0.25) is 0 Å². The van der Waals surface area contributed by atoms with Gasteiger partial charge in [0.05, 0.1) is 36.9 Å². The second kappa shape index (κ2) is 21.0. The molecular weight excluding hydrogens is 630 g/mol. The molecule has 0 saturated carbocycles. The van der Waals surface area contributed by atoms with Crippen LogP contribution in [0.25, 0.3) is 0 Å². The quantitative estimate of drug-likeness (QED) is 0.0749. The molecule has 0 radical (unpaired) electrons. The van der Waals surface area contributed by atoms with Gasteiger partial charge in [0.15, 0.2) is 6.10 Å². The first-order valence-electron chi connectivity index (χ1n) is 17.3. The van der Waals surface area contributed by atoms with Crippen LogP contribution in [-0.4, -0.2) is 101 Å². The Labute approximate surface area is 292 Å². The molecule has 10 atom stereocenters. The standard InChI is InChI=1S/C37H59N3O9/c1-9-30(46-8)27(5)47-28(6)34(43)24(2)13-12-14-25(3)35-26(4)16-17-31(37(7,45)19-18-29(41)23-33(42)49-35)48-36(44)40-22-21-39-32-15-10-11-20-38-32/h10-17,20,24,26-31,34-35,41,43,45H,9,18-19,21-23H2,1-8H3,(H,38,39)(H,40,44)/b13-12+,17-16+,25-14+/t24?,26?,27?,28-,29?,30?,31?,34?,35?,37?/m1/s1. The Kier molecular flexibility index (Phi) is 18.0. The normalized spacial score (nSPS) is 27.8. The molecule has 0 aliphatic carbocycles. The van der Waals surface area contributed by atoms with Gasteiger partial charge in [-0.25, -0.2) is 9.78 Å². The van der Waals surface area contributed by atoms with Crippen molar-refractivity contribution in [3.05, 3.63) is 60.3 Å². The maximum absolute atomic E-state index is 12.8. The first-order chi connectivity index (χ1) is 23.2. The number of hydrogen-bond donors (Lipinski definition) is 5. The Morgan fingerprint density at radius 3 is 2.59 bits per heavy atom. The average molecular weight is 690 g/mol. The van der Waals surface area contributed by atoms with E-state index in [4.69, 9.17) is 18.9 Å². The highest BCUT2D eigenvalue weighted by Gasteiger charge is 2.35. The number of rotatable bonds is 15. The molecule has 276 valence electrons. The van der Waals surface area contributed by atoms with Crippen molar-refractivity contribution in [3.8, 4) is 0 Å². The maximum Gasteiger partial charge on any atom is 0.407 e. The van der Waals surface area contributed by atoms with Gasteiger partial charge in [-0.05, 0) is 70.7 Å². The number of methoxy groups -OCH3 is 1. The van der Waals surface area contributed by atoms with Crippen molar-refractivity contribution in [1.29, 1.82) is 0 Å². The number of aromatic nitrogens is 1. The first-order valence-corrected chi connectivity index (χ1v) is 17.3. The molecule has 12 nitrogen and oxygen atoms in total. The molecular formula is C37H59N3O9. The van der Waals surface area contributed by atoms with E-state index in [2.05, 4.69) is 15.6 Å². The zero-order valence-corrected chi connectivity index (χ0v) is 30.4. The molecule has 49 heavy (non-hydrogen) atoms. The maximum atomic E-state index is 12.8. The number of amides is 1. The van der Waals surface area contributed by atoms with Gasteiger partial charge in [0, 0.05) is 38.2 Å². The Morgan fingerprint density at radius 2 is 1.94 bits per heavy atom. The highest BCUT2D eigenvalue weighted by Crippen LogP contribution is 2.27. The van der Waals surface area contributed by atoms with Crippen molar-refractivity contribution in [2.24, 2.45) is 11.8 Å². The lowest BCUT2D eigenvalue weighted by atomic mass is 9.88. The molecule has 1 amide bonds. The second-order valence-corrected chi connectivity index (χ2v) is 13.2. The second-order valence-electron chi connectivity index (χ2n) is 13.2. The summed E-state index contributed by atoms with van der Waals surface area (Å²) in [4.78, 5) is 29.7. The summed E-state index contributed by atoms with van der Waals surface area (Å²) in [5.41, 5.74) is -0.801. The predicted octanol–water partition coefficient (Wildman–Crippen LogP) is 4.71. The van der Waals surface area contributed by atoms with Gasteiger partial charge in [-0.3, -0.25) is 4.79 Å². The third kappa shape index (κ3) is 14.6. The van der Waals surface area contributed by atoms with Crippen LogP contribution >= 0.6 is 0 Å². The number of allylic oxidation sites excluding steroid dienone is 2. The smallest absolute Gasteiger partial charge is 0.407 e. The predicted molar refractivity (Wildman–Crippen MR) is 189 cm³/mol. The van der Waals surface area contributed by atoms with Crippen LogP contribution in [0.5, 0.6) is 0 Å². The van der Waals surface area contributed by atoms with E-state index in [1.165, 1.54) is 6.92 Å². The minimum atomic E-state index is -1.52. The number of carbonyl (C=O) groups is 2. The van der Waals surface area contributed by atoms with Crippen LogP contribution in [0.3, 0.4) is 0 Å². The van der Waals surface area contributed by atoms with Gasteiger partial charge in [-0.15, -0.1) is 0 Å². The molecule has 0 fully saturated rings. The van der Waals surface area contributed by atoms with Gasteiger partial charge < -0.3 is 44.9 Å². The minimum Gasteiger partial charge on any atom is -0.457 e. The van der Waals surface area contributed by atoms with E-state index >= 15 is 0 Å². The van der Waals surface area contributed by atoms with E-state index in [0.29, 0.717) is 12.4 Å². The van der Waals surface area contributed by atoms with E-state index in [-0.39, 0.29) is 49.9 Å². The summed E-state index contributed by atoms with van der Waals surface area (Å²) in [6.45, 7) is 13.6. The fourth-order valence-corrected chi connectivity index (χ4v) is 5.65. The highest BCUT2D eigenvalue weighted by atomic mass is 16.6. The average Bonchev–Trinajstić information content (AvgIpc) is 3.06. The molecule has 1 aromatic heterocycles. The largest absolute Gasteiger partial charge is 0.457 e. The third-order valence-electron chi connectivity index (χ3n) is 8.82. The number of nitrogens with one attached hydrogen (secondary N) is 2. The Morgan fingerprint density at radius 1 is 1.20 bits per heavy atom. The number of nitrogens with zero attached hydrogens (tertiary/aromatic N) is 1. The number of pyridine rings is 1. The number of carbonyl (C=O) groups excluding carboxylic acids is 2. The van der Waals surface area contributed by atoms with Gasteiger partial charge in [0.1, 0.15) is 17.5 Å². The number of esters is 1. The van der Waals surface area contributed by atoms with Gasteiger partial charge in [0.25, 0.3) is 0 Å². The third-order valence-corrected chi connectivity index (χ3v) is 8.82. The number of alkyl carbamates (subject to hydrolysis) is 1. The molecule has 9 unspecified atom stereocenters. The number of hydrogen-bond acceptors (Lipinski definition) is 11. The van der Waals surface area contributed by atoms with E-state index in [9.17, 15) is 24.9 Å². The van der Waals surface area contributed by atoms with Crippen LogP contribution < -0.4 is 10.6 Å². The zero-order chi connectivity index (χ0) is 36.6. The van der Waals surface area contributed by atoms with Crippen LogP contribution in [-0.2, 0) is 23.7 Å². The molecule has 0 bridgehead atoms. The number of ether oxygens (including phenoxy) is 4. The van der Waals surface area contributed by atoms with Crippen molar-refractivity contribution in [1.82, 2.24) is 10.3 Å². The number of cyclic esters (lactones) is 1. The molecule has 2 rings (SSSR count). The van der Waals surface area contributed by atoms with Crippen molar-refractivity contribution < 1.29 is 43.9 Å². The van der Waals surface area contributed by atoms with E-state index in [0.717, 1.165) is 12.0 Å². The summed E-state index contributed by atoms with van der Waals surface area (Å²) in [6.07, 6.45) is 6.27. The summed E-state index contributed by atoms with van der Waals surface area (Å²) < 4.78 is 23.0. The minimum absolute atomic E-state index is 0.0623. The number of aliphatic hydroxyl groups is 3. The first kappa shape index (κ1) is 41.9. The zero-order valence-electron chi connectivity index (χ0n) is 30.4. The molecule has 1 aliphatic heterocycles. The molecule has 1 aliphatic rings. The number of anilines is 1. The topological polar surface area (TPSA) is 169 Å². The van der Waals surface area contributed by atoms with Crippen LogP contribution in [0.4, 0.5) is 10.6 Å². The fourth-order valence-electron chi connectivity index (χ4n) is 5.65. The lowest BCUT2D eigenvalue weighted by Crippen LogP contribution is -2.44. The van der Waals surface area contributed by atoms with Crippen LogP contribution in [0.1, 0.15) is 74.1 Å². The summed E-state index contributed by atoms with van der Waals surface area (Å²) in [7, 11) is 1.65. The SMILES string of the molecule is CCC(OC)C(C)O[C@H](C)C(O)C(C)/C=C/C=C(\C)C1OC(=O)CC(O)CCC(C)(O)C(OC(=O)NCCNc2ccccn2)/C=C/C1C. The van der Waals surface area contributed by atoms with Crippen molar-refractivity contribution in [2.75, 3.05) is 25.5 Å². The van der Waals surface area contributed by atoms with Crippen molar-refractivity contribution in [3.63, 3.8) is 0 Å². The molecule has 5 N–H and O–H groups in total. The van der Waals surface area contributed by atoms with E-state index in [1.807, 2.05) is 78.0 Å². The lowest BCUT2D eigenvalue weighted by molar-refractivity contribution is -0.151. The Hall–Kier alpha value is -3.29. The molecule has 0 spiro atoms. The molecule has 1 aromatic rings. The molecule has 12 heteroatoms. The molecule has 0 saturated heterocycles. The molecule has 0 aromatic carbocycles. The molecule has 2 heterocycles. The van der Waals surface area contributed by atoms with E-state index in [1.54, 1.807) is 25.5 Å². The Bertz CT molecular complexity index is 1220. The number of aliphatic hydroxyl groups excluding tert-OH is 2. The van der Waals surface area contributed by atoms with Gasteiger partial charge >= 0.3 is 12.1 Å². The van der Waals surface area contributed by atoms with Crippen LogP contribution in [0, 0.1) is 11.8 Å². The summed E-state index contributed by atoms with van der Waals surface area (Å²) in [5.74, 6) is -0.512. The van der Waals surface area contributed by atoms with Crippen LogP contribution in [0.15, 0.2) is 60.3 Å². The monoisotopic (exact) mass is 689 g/mol. The van der Waals surface area contributed by atoms with E-state index < -0.39 is 48.2 Å². The van der Waals surface area contributed by atoms with Crippen molar-refractivity contribution in [2.45, 2.75) is 122 Å². The van der Waals surface area contributed by atoms with Crippen molar-refractivity contribution >= 4 is 17.9 Å². The summed E-state index contributed by atoms with van der Waals surface area (Å²) in [5, 5.41) is 38.6. The van der Waals surface area contributed by atoms with Gasteiger partial charge in [-0.1, -0.05) is 51.1 Å². The lowest BCUT2D eigenvalue weighted by Gasteiger charge is -2.32.